The Bertz CT molecular complexity index is 906. The predicted octanol–water partition coefficient (Wildman–Crippen LogP) is 1.96. The second-order valence-corrected chi connectivity index (χ2v) is 6.66. The molecule has 0 saturated heterocycles. The summed E-state index contributed by atoms with van der Waals surface area (Å²) >= 11 is 3.25. The van der Waals surface area contributed by atoms with Gasteiger partial charge in [-0.1, -0.05) is 15.9 Å². The first-order valence-corrected chi connectivity index (χ1v) is 8.03. The molecule has 7 nitrogen and oxygen atoms in total. The largest absolute Gasteiger partial charge is 0.358 e. The van der Waals surface area contributed by atoms with Crippen molar-refractivity contribution in [3.63, 3.8) is 0 Å². The zero-order valence-electron chi connectivity index (χ0n) is 10.8. The first-order chi connectivity index (χ1) is 9.95. The normalized spacial score (nSPS) is 11.7. The van der Waals surface area contributed by atoms with Gasteiger partial charge < -0.3 is 4.18 Å². The first kappa shape index (κ1) is 14.0. The van der Waals surface area contributed by atoms with E-state index in [9.17, 15) is 8.42 Å². The Morgan fingerprint density at radius 3 is 2.67 bits per heavy atom. The number of fused-ring (bicyclic) bond motifs is 1. The van der Waals surface area contributed by atoms with Crippen molar-refractivity contribution < 1.29 is 12.6 Å². The fraction of sp³-hybridized carbons (Fsp3) is 0.0833. The molecule has 0 bridgehead atoms. The minimum atomic E-state index is -3.95. The third-order valence-electron chi connectivity index (χ3n) is 2.64. The Kier molecular flexibility index (Phi) is 3.38. The molecule has 0 fully saturated rings. The van der Waals surface area contributed by atoms with Gasteiger partial charge in [0.05, 0.1) is 0 Å². The van der Waals surface area contributed by atoms with Gasteiger partial charge in [-0.2, -0.15) is 23.0 Å². The van der Waals surface area contributed by atoms with E-state index in [1.54, 1.807) is 19.1 Å². The van der Waals surface area contributed by atoms with Crippen LogP contribution in [0, 0.1) is 6.92 Å². The van der Waals surface area contributed by atoms with Gasteiger partial charge >= 0.3 is 10.1 Å². The number of rotatable bonds is 3. The molecule has 0 N–H and O–H groups in total. The van der Waals surface area contributed by atoms with Crippen LogP contribution in [0.4, 0.5) is 0 Å². The molecule has 3 aromatic rings. The highest BCUT2D eigenvalue weighted by Crippen LogP contribution is 2.21. The van der Waals surface area contributed by atoms with Crippen LogP contribution in [-0.4, -0.2) is 28.0 Å². The third-order valence-corrected chi connectivity index (χ3v) is 4.41. The summed E-state index contributed by atoms with van der Waals surface area (Å²) in [6.07, 6.45) is 1.28. The van der Waals surface area contributed by atoms with E-state index in [4.69, 9.17) is 4.18 Å². The second-order valence-electron chi connectivity index (χ2n) is 4.20. The standard InChI is InChI=1S/C12H9BrN4O3S/c1-8-6-11(17-12(16-8)14-7-15-17)20-21(18,19)10-4-2-9(13)3-5-10/h2-7H,1H3. The van der Waals surface area contributed by atoms with Gasteiger partial charge in [0.2, 0.25) is 5.88 Å². The van der Waals surface area contributed by atoms with Gasteiger partial charge in [-0.15, -0.1) is 0 Å². The van der Waals surface area contributed by atoms with Crippen LogP contribution in [0.5, 0.6) is 5.88 Å². The van der Waals surface area contributed by atoms with Crippen molar-refractivity contribution in [2.45, 2.75) is 11.8 Å². The quantitative estimate of drug-likeness (QED) is 0.656. The van der Waals surface area contributed by atoms with Crippen LogP contribution < -0.4 is 4.18 Å². The van der Waals surface area contributed by atoms with Crippen molar-refractivity contribution in [3.05, 3.63) is 46.8 Å². The Balaban J connectivity index is 2.05. The summed E-state index contributed by atoms with van der Waals surface area (Å²) < 4.78 is 31.7. The minimum absolute atomic E-state index is 0.0397. The number of benzene rings is 1. The number of halogens is 1. The lowest BCUT2D eigenvalue weighted by molar-refractivity contribution is 0.465. The van der Waals surface area contributed by atoms with Crippen LogP contribution in [0.25, 0.3) is 5.78 Å². The van der Waals surface area contributed by atoms with Crippen LogP contribution in [0.15, 0.2) is 46.0 Å². The van der Waals surface area contributed by atoms with Gasteiger partial charge in [-0.05, 0) is 31.2 Å². The summed E-state index contributed by atoms with van der Waals surface area (Å²) in [5.74, 6) is 0.314. The van der Waals surface area contributed by atoms with Gasteiger partial charge in [0.25, 0.3) is 5.78 Å². The van der Waals surface area contributed by atoms with Gasteiger partial charge in [0.15, 0.2) is 0 Å². The highest BCUT2D eigenvalue weighted by atomic mass is 79.9. The molecule has 0 aliphatic carbocycles. The topological polar surface area (TPSA) is 86.5 Å². The van der Waals surface area contributed by atoms with Crippen LogP contribution >= 0.6 is 15.9 Å². The Morgan fingerprint density at radius 1 is 1.24 bits per heavy atom. The zero-order chi connectivity index (χ0) is 15.0. The molecule has 21 heavy (non-hydrogen) atoms. The second kappa shape index (κ2) is 5.08. The summed E-state index contributed by atoms with van der Waals surface area (Å²) in [4.78, 5) is 8.08. The number of hydrogen-bond donors (Lipinski definition) is 0. The highest BCUT2D eigenvalue weighted by molar-refractivity contribution is 9.10. The zero-order valence-corrected chi connectivity index (χ0v) is 13.2. The molecule has 0 radical (unpaired) electrons. The molecule has 2 aromatic heterocycles. The molecule has 9 heteroatoms. The molecule has 0 aliphatic rings. The Labute approximate surface area is 128 Å². The lowest BCUT2D eigenvalue weighted by Gasteiger charge is -2.08. The lowest BCUT2D eigenvalue weighted by atomic mass is 10.4. The highest BCUT2D eigenvalue weighted by Gasteiger charge is 2.19. The molecule has 0 atom stereocenters. The summed E-state index contributed by atoms with van der Waals surface area (Å²) in [5, 5.41) is 3.90. The number of nitrogens with zero attached hydrogens (tertiary/aromatic N) is 4. The van der Waals surface area contributed by atoms with Crippen molar-refractivity contribution in [3.8, 4) is 5.88 Å². The Morgan fingerprint density at radius 2 is 1.95 bits per heavy atom. The maximum atomic E-state index is 12.3. The Hall–Kier alpha value is -2.00. The maximum Gasteiger partial charge on any atom is 0.340 e. The molecular formula is C12H9BrN4O3S. The fourth-order valence-electron chi connectivity index (χ4n) is 1.72. The lowest BCUT2D eigenvalue weighted by Crippen LogP contribution is -2.13. The van der Waals surface area contributed by atoms with Crippen molar-refractivity contribution in [2.24, 2.45) is 0 Å². The SMILES string of the molecule is Cc1cc(OS(=O)(=O)c2ccc(Br)cc2)n2ncnc2n1. The van der Waals surface area contributed by atoms with Gasteiger partial charge in [-0.25, -0.2) is 4.98 Å². The summed E-state index contributed by atoms with van der Waals surface area (Å²) in [5.41, 5.74) is 0.580. The van der Waals surface area contributed by atoms with Crippen LogP contribution in [-0.2, 0) is 10.1 Å². The minimum Gasteiger partial charge on any atom is -0.358 e. The van der Waals surface area contributed by atoms with Crippen molar-refractivity contribution in [2.75, 3.05) is 0 Å². The molecule has 1 aromatic carbocycles. The average Bonchev–Trinajstić information content (AvgIpc) is 2.87. The van der Waals surface area contributed by atoms with Crippen LogP contribution in [0.1, 0.15) is 5.69 Å². The number of aromatic nitrogens is 4. The van der Waals surface area contributed by atoms with E-state index in [1.165, 1.54) is 29.0 Å². The fourth-order valence-corrected chi connectivity index (χ4v) is 2.89. The summed E-state index contributed by atoms with van der Waals surface area (Å²) in [7, 11) is -3.95. The molecular weight excluding hydrogens is 360 g/mol. The molecule has 3 rings (SSSR count). The van der Waals surface area contributed by atoms with E-state index >= 15 is 0 Å². The average molecular weight is 369 g/mol. The molecule has 0 spiro atoms. The third kappa shape index (κ3) is 2.74. The van der Waals surface area contributed by atoms with E-state index < -0.39 is 10.1 Å². The van der Waals surface area contributed by atoms with E-state index in [0.29, 0.717) is 5.69 Å². The van der Waals surface area contributed by atoms with Crippen LogP contribution in [0.3, 0.4) is 0 Å². The first-order valence-electron chi connectivity index (χ1n) is 5.83. The van der Waals surface area contributed by atoms with E-state index in [-0.39, 0.29) is 16.6 Å². The smallest absolute Gasteiger partial charge is 0.340 e. The molecule has 0 amide bonds. The van der Waals surface area contributed by atoms with Gasteiger partial charge in [0.1, 0.15) is 11.2 Å². The number of hydrogen-bond acceptors (Lipinski definition) is 6. The van der Waals surface area contributed by atoms with Gasteiger partial charge in [0, 0.05) is 16.2 Å². The van der Waals surface area contributed by atoms with E-state index in [2.05, 4.69) is 31.0 Å². The van der Waals surface area contributed by atoms with Crippen molar-refractivity contribution in [1.82, 2.24) is 19.6 Å². The molecule has 0 unspecified atom stereocenters. The molecule has 0 saturated carbocycles. The van der Waals surface area contributed by atoms with E-state index in [1.807, 2.05) is 0 Å². The van der Waals surface area contributed by atoms with Gasteiger partial charge in [-0.3, -0.25) is 0 Å². The van der Waals surface area contributed by atoms with E-state index in [0.717, 1.165) is 4.47 Å². The monoisotopic (exact) mass is 368 g/mol. The molecule has 108 valence electrons. The van der Waals surface area contributed by atoms with Crippen molar-refractivity contribution >= 4 is 31.8 Å². The van der Waals surface area contributed by atoms with Crippen molar-refractivity contribution in [1.29, 1.82) is 0 Å². The predicted molar refractivity (Wildman–Crippen MR) is 77.5 cm³/mol. The number of aryl methyl sites for hydroxylation is 1. The van der Waals surface area contributed by atoms with Crippen LogP contribution in [0.2, 0.25) is 0 Å². The summed E-state index contributed by atoms with van der Waals surface area (Å²) in [6, 6.07) is 7.63. The summed E-state index contributed by atoms with van der Waals surface area (Å²) in [6.45, 7) is 1.72. The molecule has 2 heterocycles. The maximum absolute atomic E-state index is 12.3. The molecule has 0 aliphatic heterocycles.